The molecule has 1 aromatic carbocycles. The molecule has 0 radical (unpaired) electrons. The van der Waals surface area contributed by atoms with Gasteiger partial charge < -0.3 is 15.6 Å². The highest BCUT2D eigenvalue weighted by Crippen LogP contribution is 2.23. The van der Waals surface area contributed by atoms with Gasteiger partial charge in [-0.05, 0) is 35.9 Å². The van der Waals surface area contributed by atoms with Gasteiger partial charge in [0.05, 0.1) is 16.7 Å². The van der Waals surface area contributed by atoms with E-state index in [0.29, 0.717) is 5.95 Å². The monoisotopic (exact) mass is 386 g/mol. The van der Waals surface area contributed by atoms with E-state index < -0.39 is 0 Å². The molecule has 0 aliphatic carbocycles. The quantitative estimate of drug-likeness (QED) is 0.485. The first-order valence-corrected chi connectivity index (χ1v) is 9.75. The van der Waals surface area contributed by atoms with E-state index in [9.17, 15) is 0 Å². The molecule has 3 aromatic heterocycles. The van der Waals surface area contributed by atoms with E-state index in [4.69, 9.17) is 0 Å². The van der Waals surface area contributed by atoms with Crippen molar-refractivity contribution < 1.29 is 0 Å². The Labute approximate surface area is 168 Å². The first kappa shape index (κ1) is 17.7. The second kappa shape index (κ2) is 7.94. The van der Waals surface area contributed by atoms with Crippen LogP contribution < -0.4 is 10.6 Å². The summed E-state index contributed by atoms with van der Waals surface area (Å²) in [4.78, 5) is 23.1. The molecule has 3 N–H and O–H groups in total. The summed E-state index contributed by atoms with van der Waals surface area (Å²) in [5.41, 5.74) is 4.98. The van der Waals surface area contributed by atoms with E-state index >= 15 is 0 Å². The van der Waals surface area contributed by atoms with Crippen LogP contribution >= 0.6 is 0 Å². The summed E-state index contributed by atoms with van der Waals surface area (Å²) < 4.78 is 0. The van der Waals surface area contributed by atoms with Crippen molar-refractivity contribution in [2.24, 2.45) is 0 Å². The summed E-state index contributed by atoms with van der Waals surface area (Å²) >= 11 is 0. The first-order chi connectivity index (χ1) is 14.3. The zero-order valence-electron chi connectivity index (χ0n) is 16.0. The van der Waals surface area contributed by atoms with Gasteiger partial charge in [-0.15, -0.1) is 0 Å². The molecule has 146 valence electrons. The number of piperazine rings is 1. The van der Waals surface area contributed by atoms with Crippen molar-refractivity contribution in [2.75, 3.05) is 31.5 Å². The lowest BCUT2D eigenvalue weighted by Crippen LogP contribution is -2.42. The highest BCUT2D eigenvalue weighted by molar-refractivity contribution is 5.83. The smallest absolute Gasteiger partial charge is 0.206 e. The number of anilines is 2. The van der Waals surface area contributed by atoms with Crippen molar-refractivity contribution in [3.05, 3.63) is 60.7 Å². The van der Waals surface area contributed by atoms with Crippen molar-refractivity contribution >= 4 is 22.8 Å². The zero-order chi connectivity index (χ0) is 19.5. The second-order valence-electron chi connectivity index (χ2n) is 7.11. The van der Waals surface area contributed by atoms with E-state index in [2.05, 4.69) is 52.6 Å². The van der Waals surface area contributed by atoms with Gasteiger partial charge in [0.2, 0.25) is 5.95 Å². The molecule has 0 atom stereocenters. The number of H-pyrrole nitrogens is 1. The van der Waals surface area contributed by atoms with Gasteiger partial charge in [0.1, 0.15) is 12.1 Å². The van der Waals surface area contributed by atoms with Crippen molar-refractivity contribution in [1.29, 1.82) is 0 Å². The molecule has 1 fully saturated rings. The molecule has 8 nitrogen and oxygen atoms in total. The summed E-state index contributed by atoms with van der Waals surface area (Å²) in [7, 11) is 0. The van der Waals surface area contributed by atoms with Gasteiger partial charge in [-0.2, -0.15) is 0 Å². The van der Waals surface area contributed by atoms with Crippen LogP contribution in [-0.4, -0.2) is 56.0 Å². The van der Waals surface area contributed by atoms with E-state index in [-0.39, 0.29) is 0 Å². The number of nitrogens with one attached hydrogen (secondary N) is 3. The highest BCUT2D eigenvalue weighted by Gasteiger charge is 2.11. The Hall–Kier alpha value is -3.36. The number of imidazole rings is 1. The van der Waals surface area contributed by atoms with Crippen LogP contribution in [-0.2, 0) is 6.54 Å². The Balaban J connectivity index is 1.34. The molecular weight excluding hydrogens is 364 g/mol. The summed E-state index contributed by atoms with van der Waals surface area (Å²) in [6, 6.07) is 12.1. The predicted molar refractivity (Wildman–Crippen MR) is 113 cm³/mol. The molecule has 0 saturated carbocycles. The SMILES string of the molecule is c1cc(-c2ccc3nc(Nc4cc(CN5CCNCC5)ccn4)[nH]c3c2)ncn1. The Morgan fingerprint density at radius 2 is 1.93 bits per heavy atom. The number of fused-ring (bicyclic) bond motifs is 1. The molecule has 4 heterocycles. The van der Waals surface area contributed by atoms with Gasteiger partial charge in [0, 0.05) is 50.7 Å². The van der Waals surface area contributed by atoms with Crippen LogP contribution in [0.1, 0.15) is 5.56 Å². The summed E-state index contributed by atoms with van der Waals surface area (Å²) in [5.74, 6) is 1.46. The van der Waals surface area contributed by atoms with Crippen LogP contribution in [0, 0.1) is 0 Å². The summed E-state index contributed by atoms with van der Waals surface area (Å²) in [6.07, 6.45) is 5.14. The maximum Gasteiger partial charge on any atom is 0.206 e. The summed E-state index contributed by atoms with van der Waals surface area (Å²) in [5, 5.41) is 6.68. The Morgan fingerprint density at radius 1 is 1.00 bits per heavy atom. The van der Waals surface area contributed by atoms with Gasteiger partial charge >= 0.3 is 0 Å². The van der Waals surface area contributed by atoms with Gasteiger partial charge in [-0.25, -0.2) is 19.9 Å². The minimum atomic E-state index is 0.673. The fourth-order valence-corrected chi connectivity index (χ4v) is 3.58. The molecular formula is C21H22N8. The van der Waals surface area contributed by atoms with Gasteiger partial charge in [0.15, 0.2) is 0 Å². The topological polar surface area (TPSA) is 94.7 Å². The number of aromatic nitrogens is 5. The van der Waals surface area contributed by atoms with Crippen molar-refractivity contribution in [3.63, 3.8) is 0 Å². The molecule has 1 aliphatic heterocycles. The van der Waals surface area contributed by atoms with Gasteiger partial charge in [0.25, 0.3) is 0 Å². The van der Waals surface area contributed by atoms with Crippen LogP contribution in [0.4, 0.5) is 11.8 Å². The molecule has 29 heavy (non-hydrogen) atoms. The van der Waals surface area contributed by atoms with Gasteiger partial charge in [-0.1, -0.05) is 6.07 Å². The molecule has 1 saturated heterocycles. The minimum absolute atomic E-state index is 0.673. The lowest BCUT2D eigenvalue weighted by molar-refractivity contribution is 0.233. The third kappa shape index (κ3) is 4.08. The van der Waals surface area contributed by atoms with Crippen LogP contribution in [0.5, 0.6) is 0 Å². The number of nitrogens with zero attached hydrogens (tertiary/aromatic N) is 5. The number of hydrogen-bond donors (Lipinski definition) is 3. The maximum atomic E-state index is 4.63. The minimum Gasteiger partial charge on any atom is -0.324 e. The Bertz CT molecular complexity index is 1100. The van der Waals surface area contributed by atoms with E-state index in [0.717, 1.165) is 60.8 Å². The van der Waals surface area contributed by atoms with Crippen LogP contribution in [0.15, 0.2) is 55.1 Å². The number of aromatic amines is 1. The third-order valence-corrected chi connectivity index (χ3v) is 5.05. The average Bonchev–Trinajstić information content (AvgIpc) is 3.17. The van der Waals surface area contributed by atoms with Crippen molar-refractivity contribution in [1.82, 2.24) is 35.1 Å². The maximum absolute atomic E-state index is 4.63. The van der Waals surface area contributed by atoms with E-state index in [1.807, 2.05) is 30.5 Å². The van der Waals surface area contributed by atoms with Crippen molar-refractivity contribution in [2.45, 2.75) is 6.54 Å². The molecule has 0 spiro atoms. The van der Waals surface area contributed by atoms with Crippen LogP contribution in [0.25, 0.3) is 22.3 Å². The molecule has 8 heteroatoms. The van der Waals surface area contributed by atoms with E-state index in [1.165, 1.54) is 5.56 Å². The number of pyridine rings is 1. The Kier molecular flexibility index (Phi) is 4.85. The largest absolute Gasteiger partial charge is 0.324 e. The lowest BCUT2D eigenvalue weighted by Gasteiger charge is -2.27. The average molecular weight is 386 g/mol. The molecule has 0 bridgehead atoms. The normalized spacial score (nSPS) is 14.9. The number of hydrogen-bond acceptors (Lipinski definition) is 7. The lowest BCUT2D eigenvalue weighted by atomic mass is 10.1. The number of rotatable bonds is 5. The first-order valence-electron chi connectivity index (χ1n) is 9.75. The Morgan fingerprint density at radius 3 is 2.79 bits per heavy atom. The molecule has 0 amide bonds. The van der Waals surface area contributed by atoms with Crippen molar-refractivity contribution in [3.8, 4) is 11.3 Å². The van der Waals surface area contributed by atoms with E-state index in [1.54, 1.807) is 12.5 Å². The van der Waals surface area contributed by atoms with Crippen LogP contribution in [0.3, 0.4) is 0 Å². The van der Waals surface area contributed by atoms with Crippen LogP contribution in [0.2, 0.25) is 0 Å². The fourth-order valence-electron chi connectivity index (χ4n) is 3.58. The fraction of sp³-hybridized carbons (Fsp3) is 0.238. The molecule has 5 rings (SSSR count). The number of benzene rings is 1. The predicted octanol–water partition coefficient (Wildman–Crippen LogP) is 2.56. The molecule has 0 unspecified atom stereocenters. The van der Waals surface area contributed by atoms with Gasteiger partial charge in [-0.3, -0.25) is 4.90 Å². The molecule has 1 aliphatic rings. The summed E-state index contributed by atoms with van der Waals surface area (Å²) in [6.45, 7) is 5.17. The molecule has 4 aromatic rings. The standard InChI is InChI=1S/C21H22N8/c1-2-18-19(12-16(1)17-4-5-23-14-25-17)27-21(26-18)28-20-11-15(3-6-24-20)13-29-9-7-22-8-10-29/h1-6,11-12,14,22H,7-10,13H2,(H2,24,26,27,28). The second-order valence-corrected chi connectivity index (χ2v) is 7.11. The third-order valence-electron chi connectivity index (χ3n) is 5.05. The zero-order valence-corrected chi connectivity index (χ0v) is 16.0. The highest BCUT2D eigenvalue weighted by atomic mass is 15.2.